The van der Waals surface area contributed by atoms with Crippen molar-refractivity contribution in [3.63, 3.8) is 0 Å². The van der Waals surface area contributed by atoms with Crippen molar-refractivity contribution < 1.29 is 13.6 Å². The molecule has 0 amide bonds. The van der Waals surface area contributed by atoms with Gasteiger partial charge >= 0.3 is 0 Å². The van der Waals surface area contributed by atoms with E-state index in [9.17, 15) is 8.42 Å². The van der Waals surface area contributed by atoms with E-state index in [1.54, 1.807) is 4.31 Å². The third-order valence-electron chi connectivity index (χ3n) is 4.58. The fourth-order valence-electron chi connectivity index (χ4n) is 3.15. The maximum atomic E-state index is 12.5. The summed E-state index contributed by atoms with van der Waals surface area (Å²) in [6.45, 7) is 0.909. The first-order chi connectivity index (χ1) is 9.46. The molecule has 0 aromatic carbocycles. The molecule has 0 aromatic rings. The van der Waals surface area contributed by atoms with Gasteiger partial charge in [0.1, 0.15) is 0 Å². The predicted molar refractivity (Wildman–Crippen MR) is 81.6 cm³/mol. The Morgan fingerprint density at radius 3 is 2.35 bits per heavy atom. The Kier molecular flexibility index (Phi) is 4.86. The van der Waals surface area contributed by atoms with Crippen LogP contribution in [0.5, 0.6) is 0 Å². The number of nitrogens with zero attached hydrogens (tertiary/aromatic N) is 2. The second kappa shape index (κ2) is 6.11. The lowest BCUT2D eigenvalue weighted by atomic mass is 9.96. The van der Waals surface area contributed by atoms with Crippen LogP contribution in [0.4, 0.5) is 0 Å². The molecule has 2 rings (SSSR count). The Bertz CT molecular complexity index is 464. The number of nitrogens with two attached hydrogens (primary N) is 1. The van der Waals surface area contributed by atoms with Crippen molar-refractivity contribution in [1.29, 1.82) is 0 Å². The van der Waals surface area contributed by atoms with Crippen molar-refractivity contribution in [1.82, 2.24) is 4.31 Å². The lowest BCUT2D eigenvalue weighted by molar-refractivity contribution is 0.299. The summed E-state index contributed by atoms with van der Waals surface area (Å²) in [6.07, 6.45) is 6.69. The standard InChI is InChI=1S/C12H23N3O3S2/c1-19-12(11(13)14-16)6-8-15(9-7-12)20(17,18)10-4-2-3-5-10/h10,16H,2-9H2,1H3,(H2,13,14). The second-order valence-electron chi connectivity index (χ2n) is 5.53. The van der Waals surface area contributed by atoms with Gasteiger partial charge in [0.05, 0.1) is 10.00 Å². The van der Waals surface area contributed by atoms with Crippen LogP contribution in [0.1, 0.15) is 38.5 Å². The van der Waals surface area contributed by atoms with Gasteiger partial charge in [-0.1, -0.05) is 18.0 Å². The van der Waals surface area contributed by atoms with Gasteiger partial charge in [0, 0.05) is 13.1 Å². The zero-order valence-corrected chi connectivity index (χ0v) is 13.4. The monoisotopic (exact) mass is 321 g/mol. The van der Waals surface area contributed by atoms with E-state index < -0.39 is 14.8 Å². The van der Waals surface area contributed by atoms with E-state index in [-0.39, 0.29) is 11.1 Å². The van der Waals surface area contributed by atoms with Crippen LogP contribution in [0.2, 0.25) is 0 Å². The minimum atomic E-state index is -3.17. The van der Waals surface area contributed by atoms with Crippen LogP contribution in [0.3, 0.4) is 0 Å². The van der Waals surface area contributed by atoms with E-state index in [0.717, 1.165) is 25.7 Å². The van der Waals surface area contributed by atoms with Crippen LogP contribution in [0.15, 0.2) is 5.16 Å². The van der Waals surface area contributed by atoms with E-state index in [1.807, 2.05) is 6.26 Å². The Morgan fingerprint density at radius 2 is 1.90 bits per heavy atom. The molecule has 0 unspecified atom stereocenters. The van der Waals surface area contributed by atoms with Crippen molar-refractivity contribution >= 4 is 27.6 Å². The van der Waals surface area contributed by atoms with E-state index in [1.165, 1.54) is 11.8 Å². The van der Waals surface area contributed by atoms with E-state index in [0.29, 0.717) is 25.9 Å². The van der Waals surface area contributed by atoms with Crippen molar-refractivity contribution in [2.24, 2.45) is 10.9 Å². The van der Waals surface area contributed by atoms with Crippen LogP contribution in [-0.4, -0.2) is 53.1 Å². The molecule has 3 N–H and O–H groups in total. The lowest BCUT2D eigenvalue weighted by Crippen LogP contribution is -2.52. The first-order valence-corrected chi connectivity index (χ1v) is 9.71. The molecule has 0 spiro atoms. The lowest BCUT2D eigenvalue weighted by Gasteiger charge is -2.39. The molecule has 1 saturated carbocycles. The Morgan fingerprint density at radius 1 is 1.35 bits per heavy atom. The molecule has 0 bridgehead atoms. The first-order valence-electron chi connectivity index (χ1n) is 6.98. The van der Waals surface area contributed by atoms with Crippen molar-refractivity contribution in [3.8, 4) is 0 Å². The highest BCUT2D eigenvalue weighted by atomic mass is 32.2. The summed E-state index contributed by atoms with van der Waals surface area (Å²) in [4.78, 5) is 0. The van der Waals surface area contributed by atoms with Crippen molar-refractivity contribution in [2.45, 2.75) is 48.5 Å². The molecule has 8 heteroatoms. The summed E-state index contributed by atoms with van der Waals surface area (Å²) in [5.74, 6) is 0.197. The Hall–Kier alpha value is -0.470. The fourth-order valence-corrected chi connectivity index (χ4v) is 6.04. The molecule has 116 valence electrons. The minimum absolute atomic E-state index is 0.197. The molecular weight excluding hydrogens is 298 g/mol. The molecule has 6 nitrogen and oxygen atoms in total. The van der Waals surface area contributed by atoms with Crippen LogP contribution in [-0.2, 0) is 10.0 Å². The second-order valence-corrected chi connectivity index (χ2v) is 8.94. The molecule has 1 heterocycles. The SMILES string of the molecule is CSC1(C(N)=NO)CCN(S(=O)(=O)C2CCCC2)CC1. The van der Waals surface area contributed by atoms with Crippen LogP contribution < -0.4 is 5.73 Å². The highest BCUT2D eigenvalue weighted by Gasteiger charge is 2.43. The third kappa shape index (κ3) is 2.78. The first kappa shape index (κ1) is 15.9. The average Bonchev–Trinajstić information content (AvgIpc) is 3.01. The number of oxime groups is 1. The minimum Gasteiger partial charge on any atom is -0.409 e. The summed E-state index contributed by atoms with van der Waals surface area (Å²) in [5.41, 5.74) is 5.78. The Balaban J connectivity index is 2.07. The van der Waals surface area contributed by atoms with Gasteiger partial charge in [-0.2, -0.15) is 11.8 Å². The predicted octanol–water partition coefficient (Wildman–Crippen LogP) is 1.20. The molecule has 20 heavy (non-hydrogen) atoms. The third-order valence-corrected chi connectivity index (χ3v) is 8.38. The van der Waals surface area contributed by atoms with Crippen molar-refractivity contribution in [2.75, 3.05) is 19.3 Å². The van der Waals surface area contributed by atoms with Crippen LogP contribution in [0.25, 0.3) is 0 Å². The molecule has 2 aliphatic rings. The molecule has 0 atom stereocenters. The summed E-state index contributed by atoms with van der Waals surface area (Å²) in [6, 6.07) is 0. The molecule has 2 fully saturated rings. The normalized spacial score (nSPS) is 25.9. The highest BCUT2D eigenvalue weighted by molar-refractivity contribution is 8.00. The van der Waals surface area contributed by atoms with Gasteiger partial charge in [0.15, 0.2) is 5.84 Å². The summed E-state index contributed by atoms with van der Waals surface area (Å²) in [7, 11) is -3.17. The zero-order valence-electron chi connectivity index (χ0n) is 11.8. The number of piperidine rings is 1. The number of thioether (sulfide) groups is 1. The number of hydrogen-bond acceptors (Lipinski definition) is 5. The van der Waals surface area contributed by atoms with Gasteiger partial charge in [-0.15, -0.1) is 0 Å². The maximum Gasteiger partial charge on any atom is 0.216 e. The van der Waals surface area contributed by atoms with E-state index in [2.05, 4.69) is 5.16 Å². The quantitative estimate of drug-likeness (QED) is 0.351. The number of amidine groups is 1. The average molecular weight is 321 g/mol. The summed E-state index contributed by atoms with van der Waals surface area (Å²) in [5, 5.41) is 11.8. The summed E-state index contributed by atoms with van der Waals surface area (Å²) >= 11 is 1.53. The van der Waals surface area contributed by atoms with Gasteiger partial charge in [0.25, 0.3) is 0 Å². The summed E-state index contributed by atoms with van der Waals surface area (Å²) < 4.78 is 26.2. The van der Waals surface area contributed by atoms with E-state index in [4.69, 9.17) is 10.9 Å². The molecule has 0 radical (unpaired) electrons. The van der Waals surface area contributed by atoms with Crippen LogP contribution in [0, 0.1) is 0 Å². The van der Waals surface area contributed by atoms with Gasteiger partial charge in [-0.05, 0) is 31.9 Å². The fraction of sp³-hybridized carbons (Fsp3) is 0.917. The van der Waals surface area contributed by atoms with Gasteiger partial charge in [0.2, 0.25) is 10.0 Å². The Labute approximate surface area is 124 Å². The smallest absolute Gasteiger partial charge is 0.216 e. The molecule has 1 aliphatic carbocycles. The maximum absolute atomic E-state index is 12.5. The number of sulfonamides is 1. The molecule has 0 aromatic heterocycles. The molecule has 1 aliphatic heterocycles. The highest BCUT2D eigenvalue weighted by Crippen LogP contribution is 2.37. The zero-order chi connectivity index (χ0) is 14.8. The van der Waals surface area contributed by atoms with Crippen LogP contribution >= 0.6 is 11.8 Å². The van der Waals surface area contributed by atoms with Gasteiger partial charge in [-0.3, -0.25) is 0 Å². The van der Waals surface area contributed by atoms with Gasteiger partial charge in [-0.25, -0.2) is 12.7 Å². The largest absolute Gasteiger partial charge is 0.409 e. The topological polar surface area (TPSA) is 96.0 Å². The molecular formula is C12H23N3O3S2. The number of rotatable bonds is 4. The van der Waals surface area contributed by atoms with E-state index >= 15 is 0 Å². The van der Waals surface area contributed by atoms with Gasteiger partial charge < -0.3 is 10.9 Å². The van der Waals surface area contributed by atoms with Crippen molar-refractivity contribution in [3.05, 3.63) is 0 Å². The molecule has 1 saturated heterocycles. The number of hydrogen-bond donors (Lipinski definition) is 2.